The van der Waals surface area contributed by atoms with Crippen LogP contribution < -0.4 is 9.62 Å². The highest BCUT2D eigenvalue weighted by Gasteiger charge is 2.20. The molecule has 122 valence electrons. The van der Waals surface area contributed by atoms with Crippen molar-refractivity contribution in [2.24, 2.45) is 5.92 Å². The summed E-state index contributed by atoms with van der Waals surface area (Å²) in [5.74, 6) is 0.745. The number of anilines is 1. The van der Waals surface area contributed by atoms with Crippen LogP contribution in [-0.2, 0) is 19.6 Å². The van der Waals surface area contributed by atoms with E-state index in [1.165, 1.54) is 25.8 Å². The molecule has 0 aliphatic carbocycles. The SMILES string of the molecule is COC(=O)CNS(=O)(=O)c1ccc(N2CCCC(C)C2)nc1. The molecule has 1 saturated heterocycles. The maximum Gasteiger partial charge on any atom is 0.320 e. The zero-order valence-corrected chi connectivity index (χ0v) is 13.6. The van der Waals surface area contributed by atoms with Gasteiger partial charge in [-0.15, -0.1) is 0 Å². The molecular formula is C14H21N3O4S. The zero-order chi connectivity index (χ0) is 16.2. The molecule has 1 aliphatic heterocycles. The minimum absolute atomic E-state index is 0.0326. The average molecular weight is 327 g/mol. The Bertz CT molecular complexity index is 615. The highest BCUT2D eigenvalue weighted by atomic mass is 32.2. The van der Waals surface area contributed by atoms with Crippen LogP contribution in [0.5, 0.6) is 0 Å². The van der Waals surface area contributed by atoms with Crippen LogP contribution in [0.15, 0.2) is 23.2 Å². The molecule has 1 atom stereocenters. The lowest BCUT2D eigenvalue weighted by Crippen LogP contribution is -2.35. The quantitative estimate of drug-likeness (QED) is 0.804. The molecule has 0 saturated carbocycles. The number of aromatic nitrogens is 1. The fourth-order valence-corrected chi connectivity index (χ4v) is 3.34. The van der Waals surface area contributed by atoms with Gasteiger partial charge in [-0.2, -0.15) is 4.72 Å². The summed E-state index contributed by atoms with van der Waals surface area (Å²) in [6, 6.07) is 3.20. The molecule has 0 bridgehead atoms. The summed E-state index contributed by atoms with van der Waals surface area (Å²) in [5.41, 5.74) is 0. The number of piperidine rings is 1. The van der Waals surface area contributed by atoms with E-state index >= 15 is 0 Å². The lowest BCUT2D eigenvalue weighted by Gasteiger charge is -2.31. The fraction of sp³-hybridized carbons (Fsp3) is 0.571. The molecule has 1 unspecified atom stereocenters. The van der Waals surface area contributed by atoms with Crippen molar-refractivity contribution < 1.29 is 17.9 Å². The van der Waals surface area contributed by atoms with Crippen LogP contribution in [-0.4, -0.2) is 46.1 Å². The Morgan fingerprint density at radius 1 is 1.50 bits per heavy atom. The maximum absolute atomic E-state index is 12.0. The first-order valence-corrected chi connectivity index (χ1v) is 8.68. The summed E-state index contributed by atoms with van der Waals surface area (Å²) in [6.45, 7) is 3.66. The van der Waals surface area contributed by atoms with Gasteiger partial charge in [-0.1, -0.05) is 6.92 Å². The Labute approximate surface area is 130 Å². The number of pyridine rings is 1. The lowest BCUT2D eigenvalue weighted by atomic mass is 10.0. The number of nitrogens with zero attached hydrogens (tertiary/aromatic N) is 2. The Morgan fingerprint density at radius 3 is 2.86 bits per heavy atom. The van der Waals surface area contributed by atoms with Crippen molar-refractivity contribution in [2.75, 3.05) is 31.6 Å². The van der Waals surface area contributed by atoms with Gasteiger partial charge >= 0.3 is 5.97 Å². The normalized spacial score (nSPS) is 19.0. The number of sulfonamides is 1. The topological polar surface area (TPSA) is 88.6 Å². The first-order chi connectivity index (χ1) is 10.4. The molecular weight excluding hydrogens is 306 g/mol. The van der Waals surface area contributed by atoms with Gasteiger partial charge in [-0.3, -0.25) is 4.79 Å². The van der Waals surface area contributed by atoms with E-state index in [1.807, 2.05) is 0 Å². The largest absolute Gasteiger partial charge is 0.468 e. The van der Waals surface area contributed by atoms with Crippen LogP contribution in [0.25, 0.3) is 0 Å². The van der Waals surface area contributed by atoms with E-state index in [9.17, 15) is 13.2 Å². The van der Waals surface area contributed by atoms with Gasteiger partial charge in [0.25, 0.3) is 0 Å². The second kappa shape index (κ2) is 7.06. The first-order valence-electron chi connectivity index (χ1n) is 7.20. The Balaban J connectivity index is 2.06. The first kappa shape index (κ1) is 16.7. The fourth-order valence-electron chi connectivity index (χ4n) is 2.43. The maximum atomic E-state index is 12.0. The average Bonchev–Trinajstić information content (AvgIpc) is 2.53. The number of nitrogens with one attached hydrogen (secondary N) is 1. The van der Waals surface area contributed by atoms with Gasteiger partial charge < -0.3 is 9.64 Å². The van der Waals surface area contributed by atoms with Crippen LogP contribution in [0, 0.1) is 5.92 Å². The van der Waals surface area contributed by atoms with Gasteiger partial charge in [0.2, 0.25) is 10.0 Å². The van der Waals surface area contributed by atoms with Crippen molar-refractivity contribution in [1.29, 1.82) is 0 Å². The number of carbonyl (C=O) groups is 1. The summed E-state index contributed by atoms with van der Waals surface area (Å²) in [7, 11) is -2.55. The molecule has 0 aromatic carbocycles. The predicted octanol–water partition coefficient (Wildman–Crippen LogP) is 0.769. The van der Waals surface area contributed by atoms with E-state index in [4.69, 9.17) is 0 Å². The van der Waals surface area contributed by atoms with Gasteiger partial charge in [0, 0.05) is 19.3 Å². The number of hydrogen-bond donors (Lipinski definition) is 1. The van der Waals surface area contributed by atoms with Crippen LogP contribution in [0.1, 0.15) is 19.8 Å². The second-order valence-electron chi connectivity index (χ2n) is 5.45. The zero-order valence-electron chi connectivity index (χ0n) is 12.8. The van der Waals surface area contributed by atoms with Crippen molar-refractivity contribution in [3.8, 4) is 0 Å². The highest BCUT2D eigenvalue weighted by Crippen LogP contribution is 2.21. The number of hydrogen-bond acceptors (Lipinski definition) is 6. The summed E-state index contributed by atoms with van der Waals surface area (Å²) in [6.07, 6.45) is 3.64. The van der Waals surface area contributed by atoms with Crippen molar-refractivity contribution in [3.05, 3.63) is 18.3 Å². The molecule has 2 rings (SSSR count). The molecule has 0 amide bonds. The number of esters is 1. The molecule has 8 heteroatoms. The minimum Gasteiger partial charge on any atom is -0.468 e. The number of rotatable bonds is 5. The molecule has 0 spiro atoms. The van der Waals surface area contributed by atoms with Crippen LogP contribution >= 0.6 is 0 Å². The molecule has 1 N–H and O–H groups in total. The number of ether oxygens (including phenoxy) is 1. The Hall–Kier alpha value is -1.67. The van der Waals surface area contributed by atoms with Gasteiger partial charge in [-0.05, 0) is 30.9 Å². The van der Waals surface area contributed by atoms with E-state index in [-0.39, 0.29) is 4.90 Å². The highest BCUT2D eigenvalue weighted by molar-refractivity contribution is 7.89. The standard InChI is InChI=1S/C14H21N3O4S/c1-11-4-3-7-17(10-11)13-6-5-12(8-15-13)22(19,20)16-9-14(18)21-2/h5-6,8,11,16H,3-4,7,9-10H2,1-2H3. The summed E-state index contributed by atoms with van der Waals surface area (Å²) >= 11 is 0. The van der Waals surface area contributed by atoms with Crippen LogP contribution in [0.4, 0.5) is 5.82 Å². The molecule has 1 aliphatic rings. The van der Waals surface area contributed by atoms with Crippen molar-refractivity contribution >= 4 is 21.8 Å². The van der Waals surface area contributed by atoms with Gasteiger partial charge in [-0.25, -0.2) is 13.4 Å². The molecule has 1 aromatic rings. The third-order valence-corrected chi connectivity index (χ3v) is 5.03. The third kappa shape index (κ3) is 4.17. The Kier molecular flexibility index (Phi) is 5.36. The van der Waals surface area contributed by atoms with Crippen molar-refractivity contribution in [1.82, 2.24) is 9.71 Å². The smallest absolute Gasteiger partial charge is 0.320 e. The van der Waals surface area contributed by atoms with Crippen molar-refractivity contribution in [2.45, 2.75) is 24.7 Å². The third-order valence-electron chi connectivity index (χ3n) is 3.65. The van der Waals surface area contributed by atoms with Crippen LogP contribution in [0.2, 0.25) is 0 Å². The molecule has 7 nitrogen and oxygen atoms in total. The van der Waals surface area contributed by atoms with E-state index in [0.29, 0.717) is 5.92 Å². The summed E-state index contributed by atoms with van der Waals surface area (Å²) in [4.78, 5) is 17.4. The molecule has 1 aromatic heterocycles. The van der Waals surface area contributed by atoms with Gasteiger partial charge in [0.05, 0.1) is 7.11 Å². The molecule has 2 heterocycles. The molecule has 0 radical (unpaired) electrons. The molecule has 22 heavy (non-hydrogen) atoms. The number of carbonyl (C=O) groups excluding carboxylic acids is 1. The van der Waals surface area contributed by atoms with E-state index in [2.05, 4.69) is 26.3 Å². The van der Waals surface area contributed by atoms with Gasteiger partial charge in [0.1, 0.15) is 17.3 Å². The lowest BCUT2D eigenvalue weighted by molar-refractivity contribution is -0.139. The van der Waals surface area contributed by atoms with E-state index in [0.717, 1.165) is 25.3 Å². The summed E-state index contributed by atoms with van der Waals surface area (Å²) < 4.78 is 30.6. The monoisotopic (exact) mass is 327 g/mol. The number of methoxy groups -OCH3 is 1. The van der Waals surface area contributed by atoms with E-state index < -0.39 is 22.5 Å². The predicted molar refractivity (Wildman–Crippen MR) is 82.1 cm³/mol. The van der Waals surface area contributed by atoms with Crippen molar-refractivity contribution in [3.63, 3.8) is 0 Å². The van der Waals surface area contributed by atoms with Gasteiger partial charge in [0.15, 0.2) is 0 Å². The Morgan fingerprint density at radius 2 is 2.27 bits per heavy atom. The molecule has 1 fully saturated rings. The summed E-state index contributed by atoms with van der Waals surface area (Å²) in [5, 5.41) is 0. The second-order valence-corrected chi connectivity index (χ2v) is 7.21. The van der Waals surface area contributed by atoms with Crippen LogP contribution in [0.3, 0.4) is 0 Å². The minimum atomic E-state index is -3.76. The van der Waals surface area contributed by atoms with E-state index in [1.54, 1.807) is 6.07 Å².